The minimum atomic E-state index is -0.106. The summed E-state index contributed by atoms with van der Waals surface area (Å²) in [6.07, 6.45) is 7.80. The lowest BCUT2D eigenvalue weighted by atomic mass is 9.97. The van der Waals surface area contributed by atoms with Crippen molar-refractivity contribution in [2.45, 2.75) is 13.0 Å². The normalized spacial score (nSPS) is 15.3. The quantitative estimate of drug-likeness (QED) is 0.608. The van der Waals surface area contributed by atoms with Crippen LogP contribution in [0.3, 0.4) is 0 Å². The number of hydrogen-bond donors (Lipinski definition) is 1. The zero-order valence-electron chi connectivity index (χ0n) is 16.7. The van der Waals surface area contributed by atoms with Gasteiger partial charge in [-0.1, -0.05) is 36.4 Å². The Hall–Kier alpha value is -3.60. The minimum absolute atomic E-state index is 0.106. The third kappa shape index (κ3) is 5.47. The lowest BCUT2D eigenvalue weighted by Crippen LogP contribution is -2.33. The lowest BCUT2D eigenvalue weighted by Gasteiger charge is -2.25. The fourth-order valence-corrected chi connectivity index (χ4v) is 3.32. The van der Waals surface area contributed by atoms with Gasteiger partial charge in [-0.3, -0.25) is 9.78 Å². The zero-order valence-corrected chi connectivity index (χ0v) is 16.7. The van der Waals surface area contributed by atoms with Gasteiger partial charge < -0.3 is 14.8 Å². The summed E-state index contributed by atoms with van der Waals surface area (Å²) in [4.78, 5) is 16.2. The van der Waals surface area contributed by atoms with E-state index in [2.05, 4.69) is 16.4 Å². The van der Waals surface area contributed by atoms with Gasteiger partial charge in [0.05, 0.1) is 6.61 Å². The molecule has 30 heavy (non-hydrogen) atoms. The summed E-state index contributed by atoms with van der Waals surface area (Å²) in [6.45, 7) is 1.70. The number of hydrogen-bond acceptors (Lipinski definition) is 4. The van der Waals surface area contributed by atoms with Crippen LogP contribution in [0.25, 0.3) is 6.08 Å². The van der Waals surface area contributed by atoms with Gasteiger partial charge in [-0.05, 0) is 47.9 Å². The van der Waals surface area contributed by atoms with Crippen molar-refractivity contribution in [3.63, 3.8) is 0 Å². The second-order valence-corrected chi connectivity index (χ2v) is 7.29. The number of carbonyl (C=O) groups is 1. The summed E-state index contributed by atoms with van der Waals surface area (Å²) in [7, 11) is 0. The summed E-state index contributed by atoms with van der Waals surface area (Å²) in [5.74, 6) is 1.91. The van der Waals surface area contributed by atoms with Crippen LogP contribution < -0.4 is 14.8 Å². The molecule has 5 nitrogen and oxygen atoms in total. The molecular formula is C25H24N2O3. The summed E-state index contributed by atoms with van der Waals surface area (Å²) < 4.78 is 11.5. The van der Waals surface area contributed by atoms with Gasteiger partial charge in [0.1, 0.15) is 18.1 Å². The molecule has 0 fully saturated rings. The molecule has 2 heterocycles. The predicted molar refractivity (Wildman–Crippen MR) is 116 cm³/mol. The topological polar surface area (TPSA) is 60.5 Å². The van der Waals surface area contributed by atoms with Crippen LogP contribution >= 0.6 is 0 Å². The highest BCUT2D eigenvalue weighted by atomic mass is 16.5. The third-order valence-electron chi connectivity index (χ3n) is 4.96. The van der Waals surface area contributed by atoms with E-state index in [0.717, 1.165) is 29.0 Å². The molecule has 2 aromatic carbocycles. The van der Waals surface area contributed by atoms with Crippen molar-refractivity contribution in [1.82, 2.24) is 10.3 Å². The predicted octanol–water partition coefficient (Wildman–Crippen LogP) is 4.04. The Balaban J connectivity index is 1.22. The summed E-state index contributed by atoms with van der Waals surface area (Å²) >= 11 is 0. The first-order chi connectivity index (χ1) is 14.8. The molecule has 1 atom stereocenters. The van der Waals surface area contributed by atoms with Crippen LogP contribution in [0.15, 0.2) is 79.1 Å². The van der Waals surface area contributed by atoms with E-state index in [1.165, 1.54) is 5.56 Å². The summed E-state index contributed by atoms with van der Waals surface area (Å²) in [5, 5.41) is 2.97. The first-order valence-electron chi connectivity index (χ1n) is 10.0. The molecule has 0 radical (unpaired) electrons. The maximum atomic E-state index is 12.2. The van der Waals surface area contributed by atoms with Crippen molar-refractivity contribution in [3.8, 4) is 11.5 Å². The number of benzene rings is 2. The lowest BCUT2D eigenvalue weighted by molar-refractivity contribution is -0.116. The molecule has 4 rings (SSSR count). The first kappa shape index (κ1) is 19.7. The molecule has 0 bridgehead atoms. The molecule has 0 spiro atoms. The molecule has 5 heteroatoms. The molecular weight excluding hydrogens is 376 g/mol. The van der Waals surface area contributed by atoms with Crippen molar-refractivity contribution in [3.05, 3.63) is 95.8 Å². The highest BCUT2D eigenvalue weighted by molar-refractivity contribution is 5.91. The summed E-state index contributed by atoms with van der Waals surface area (Å²) in [6, 6.07) is 19.6. The highest BCUT2D eigenvalue weighted by Crippen LogP contribution is 2.26. The fraction of sp³-hybridized carbons (Fsp3) is 0.200. The maximum absolute atomic E-state index is 12.2. The van der Waals surface area contributed by atoms with E-state index in [9.17, 15) is 4.79 Å². The highest BCUT2D eigenvalue weighted by Gasteiger charge is 2.19. The maximum Gasteiger partial charge on any atom is 0.244 e. The number of para-hydroxylation sites is 1. The number of fused-ring (bicyclic) bond motifs is 1. The van der Waals surface area contributed by atoms with Crippen LogP contribution in [0.1, 0.15) is 16.7 Å². The number of nitrogens with one attached hydrogen (secondary N) is 1. The standard InChI is InChI=1S/C25H24N2O3/c28-25(27-16-21-14-22-5-1-2-6-24(22)30-18-21)12-9-19-7-10-23(11-8-19)29-17-20-4-3-13-26-15-20/h1-13,15,21H,14,16-18H2,(H,27,28)/b12-9+. The Morgan fingerprint density at radius 2 is 2.00 bits per heavy atom. The molecule has 0 saturated carbocycles. The average Bonchev–Trinajstić information content (AvgIpc) is 2.81. The third-order valence-corrected chi connectivity index (χ3v) is 4.96. The van der Waals surface area contributed by atoms with Crippen LogP contribution in [0, 0.1) is 5.92 Å². The van der Waals surface area contributed by atoms with E-state index in [1.807, 2.05) is 54.6 Å². The van der Waals surface area contributed by atoms with Crippen molar-refractivity contribution in [2.24, 2.45) is 5.92 Å². The van der Waals surface area contributed by atoms with Gasteiger partial charge in [0.25, 0.3) is 0 Å². The SMILES string of the molecule is O=C(/C=C/c1ccc(OCc2cccnc2)cc1)NCC1COc2ccccc2C1. The largest absolute Gasteiger partial charge is 0.493 e. The molecule has 1 N–H and O–H groups in total. The Morgan fingerprint density at radius 3 is 2.83 bits per heavy atom. The zero-order chi connectivity index (χ0) is 20.6. The van der Waals surface area contributed by atoms with Crippen molar-refractivity contribution in [1.29, 1.82) is 0 Å². The summed E-state index contributed by atoms with van der Waals surface area (Å²) in [5.41, 5.74) is 3.16. The molecule has 1 aliphatic heterocycles. The monoisotopic (exact) mass is 400 g/mol. The number of nitrogens with zero attached hydrogens (tertiary/aromatic N) is 1. The van der Waals surface area contributed by atoms with Gasteiger partial charge >= 0.3 is 0 Å². The Morgan fingerprint density at radius 1 is 1.13 bits per heavy atom. The van der Waals surface area contributed by atoms with E-state index in [4.69, 9.17) is 9.47 Å². The number of rotatable bonds is 7. The molecule has 152 valence electrons. The van der Waals surface area contributed by atoms with Gasteiger partial charge in [0.15, 0.2) is 0 Å². The van der Waals surface area contributed by atoms with Gasteiger partial charge in [-0.2, -0.15) is 0 Å². The fourth-order valence-electron chi connectivity index (χ4n) is 3.32. The minimum Gasteiger partial charge on any atom is -0.493 e. The van der Waals surface area contributed by atoms with E-state index in [0.29, 0.717) is 19.8 Å². The van der Waals surface area contributed by atoms with Gasteiger partial charge in [-0.25, -0.2) is 0 Å². The molecule has 1 aliphatic rings. The number of amides is 1. The average molecular weight is 400 g/mol. The van der Waals surface area contributed by atoms with Crippen molar-refractivity contribution in [2.75, 3.05) is 13.2 Å². The number of aromatic nitrogens is 1. The van der Waals surface area contributed by atoms with Gasteiger partial charge in [-0.15, -0.1) is 0 Å². The first-order valence-corrected chi connectivity index (χ1v) is 10.0. The second-order valence-electron chi connectivity index (χ2n) is 7.29. The Labute approximate surface area is 176 Å². The smallest absolute Gasteiger partial charge is 0.244 e. The molecule has 0 aliphatic carbocycles. The second kappa shape index (κ2) is 9.74. The molecule has 3 aromatic rings. The number of ether oxygens (including phenoxy) is 2. The molecule has 0 saturated heterocycles. The van der Waals surface area contributed by atoms with Crippen LogP contribution in [-0.2, 0) is 17.8 Å². The van der Waals surface area contributed by atoms with E-state index in [-0.39, 0.29) is 11.8 Å². The molecule has 1 unspecified atom stereocenters. The van der Waals surface area contributed by atoms with Crippen LogP contribution in [0.4, 0.5) is 0 Å². The van der Waals surface area contributed by atoms with E-state index in [1.54, 1.807) is 24.5 Å². The number of carbonyl (C=O) groups excluding carboxylic acids is 1. The van der Waals surface area contributed by atoms with Gasteiger partial charge in [0, 0.05) is 36.5 Å². The molecule has 1 amide bonds. The van der Waals surface area contributed by atoms with Gasteiger partial charge in [0.2, 0.25) is 5.91 Å². The van der Waals surface area contributed by atoms with Crippen molar-refractivity contribution >= 4 is 12.0 Å². The Kier molecular flexibility index (Phi) is 6.40. The van der Waals surface area contributed by atoms with Crippen LogP contribution in [0.5, 0.6) is 11.5 Å². The van der Waals surface area contributed by atoms with E-state index >= 15 is 0 Å². The Bertz CT molecular complexity index is 1000. The molecule has 1 aromatic heterocycles. The van der Waals surface area contributed by atoms with Crippen molar-refractivity contribution < 1.29 is 14.3 Å². The van der Waals surface area contributed by atoms with Crippen LogP contribution in [-0.4, -0.2) is 24.0 Å². The van der Waals surface area contributed by atoms with E-state index < -0.39 is 0 Å². The number of pyridine rings is 1. The van der Waals surface area contributed by atoms with Crippen LogP contribution in [0.2, 0.25) is 0 Å².